The van der Waals surface area contributed by atoms with Gasteiger partial charge in [0, 0.05) is 35.1 Å². The Bertz CT molecular complexity index is 1430. The maximum absolute atomic E-state index is 13.6. The number of carbonyl (C=O) groups excluding carboxylic acids is 1. The Kier molecular flexibility index (Phi) is 6.79. The molecule has 2 aromatic heterocycles. The summed E-state index contributed by atoms with van der Waals surface area (Å²) in [6.07, 6.45) is 9.49. The molecule has 1 aromatic carbocycles. The van der Waals surface area contributed by atoms with Crippen molar-refractivity contribution in [3.63, 3.8) is 0 Å². The molecular formula is C24H28N4O5S. The molecule has 0 aliphatic carbocycles. The number of benzene rings is 1. The molecule has 180 valence electrons. The van der Waals surface area contributed by atoms with Crippen molar-refractivity contribution in [2.24, 2.45) is 0 Å². The van der Waals surface area contributed by atoms with Gasteiger partial charge in [-0.25, -0.2) is 13.2 Å². The van der Waals surface area contributed by atoms with Gasteiger partial charge in [-0.2, -0.15) is 4.31 Å². The monoisotopic (exact) mass is 484 g/mol. The Balaban J connectivity index is 1.82. The Hall–Kier alpha value is -3.13. The number of H-pyrrole nitrogens is 2. The van der Waals surface area contributed by atoms with Crippen LogP contribution in [0.4, 0.5) is 0 Å². The predicted molar refractivity (Wildman–Crippen MR) is 130 cm³/mol. The summed E-state index contributed by atoms with van der Waals surface area (Å²) >= 11 is 0. The smallest absolute Gasteiger partial charge is 0.340 e. The minimum absolute atomic E-state index is 0.0401. The first-order valence-electron chi connectivity index (χ1n) is 11.3. The van der Waals surface area contributed by atoms with Crippen LogP contribution in [0.25, 0.3) is 21.8 Å². The van der Waals surface area contributed by atoms with E-state index in [4.69, 9.17) is 11.2 Å². The molecule has 4 rings (SSSR count). The van der Waals surface area contributed by atoms with Crippen molar-refractivity contribution < 1.29 is 17.9 Å². The molecule has 3 aromatic rings. The Morgan fingerprint density at radius 1 is 1.38 bits per heavy atom. The zero-order valence-corrected chi connectivity index (χ0v) is 20.1. The third-order valence-electron chi connectivity index (χ3n) is 6.26. The molecule has 0 spiro atoms. The normalized spacial score (nSPS) is 16.9. The Morgan fingerprint density at radius 2 is 2.18 bits per heavy atom. The summed E-state index contributed by atoms with van der Waals surface area (Å²) in [5.74, 6) is 1.88. The SMILES string of the molecule is C#CCN(CC1CCCN1C)S(=O)(=O)c1ccc2[nH]c(=O)c3[nH]cc(C(=O)OCCC)c3c2c1. The summed E-state index contributed by atoms with van der Waals surface area (Å²) in [6.45, 7) is 3.28. The third kappa shape index (κ3) is 4.34. The van der Waals surface area contributed by atoms with E-state index in [1.165, 1.54) is 28.7 Å². The second kappa shape index (κ2) is 9.62. The summed E-state index contributed by atoms with van der Waals surface area (Å²) in [5, 5.41) is 0.759. The molecule has 1 aliphatic rings. The average Bonchev–Trinajstić information content (AvgIpc) is 3.44. The lowest BCUT2D eigenvalue weighted by atomic mass is 10.1. The predicted octanol–water partition coefficient (Wildman–Crippen LogP) is 2.29. The number of terminal acetylenes is 1. The topological polar surface area (TPSA) is 116 Å². The molecule has 0 radical (unpaired) electrons. The van der Waals surface area contributed by atoms with Gasteiger partial charge in [0.15, 0.2) is 0 Å². The molecule has 0 amide bonds. The van der Waals surface area contributed by atoms with Gasteiger partial charge in [-0.3, -0.25) is 4.79 Å². The van der Waals surface area contributed by atoms with E-state index in [9.17, 15) is 18.0 Å². The minimum Gasteiger partial charge on any atom is -0.462 e. The highest BCUT2D eigenvalue weighted by atomic mass is 32.2. The van der Waals surface area contributed by atoms with E-state index >= 15 is 0 Å². The standard InChI is InChI=1S/C24H28N4O5S/c1-4-10-28(15-16-7-6-11-27(16)3)34(31,32)17-8-9-20-18(13-17)21-19(24(30)33-12-5-2)14-25-22(21)23(29)26-20/h1,8-9,13-14,16,25H,5-7,10-12,15H2,2-3H3,(H,26,29). The average molecular weight is 485 g/mol. The van der Waals surface area contributed by atoms with Gasteiger partial charge in [0.1, 0.15) is 5.52 Å². The molecule has 1 atom stereocenters. The highest BCUT2D eigenvalue weighted by Crippen LogP contribution is 2.29. The number of carbonyl (C=O) groups is 1. The first kappa shape index (κ1) is 24.0. The molecule has 1 unspecified atom stereocenters. The van der Waals surface area contributed by atoms with Gasteiger partial charge in [-0.05, 0) is 51.1 Å². The van der Waals surface area contributed by atoms with Crippen LogP contribution in [-0.2, 0) is 14.8 Å². The second-order valence-electron chi connectivity index (χ2n) is 8.53. The summed E-state index contributed by atoms with van der Waals surface area (Å²) in [4.78, 5) is 32.9. The van der Waals surface area contributed by atoms with Crippen LogP contribution < -0.4 is 5.56 Å². The van der Waals surface area contributed by atoms with Crippen LogP contribution in [0.15, 0.2) is 34.1 Å². The number of likely N-dealkylation sites (N-methyl/N-ethyl adjacent to an activating group) is 1. The highest BCUT2D eigenvalue weighted by Gasteiger charge is 2.31. The Morgan fingerprint density at radius 3 is 2.85 bits per heavy atom. The number of hydrogen-bond acceptors (Lipinski definition) is 6. The van der Waals surface area contributed by atoms with Crippen LogP contribution in [-0.4, -0.2) is 72.9 Å². The number of hydrogen-bond donors (Lipinski definition) is 2. The molecule has 1 aliphatic heterocycles. The summed E-state index contributed by atoms with van der Waals surface area (Å²) in [7, 11) is -1.95. The van der Waals surface area contributed by atoms with Gasteiger partial charge in [0.05, 0.1) is 23.6 Å². The fraction of sp³-hybridized carbons (Fsp3) is 0.417. The number of fused-ring (bicyclic) bond motifs is 3. The minimum atomic E-state index is -3.93. The van der Waals surface area contributed by atoms with Crippen molar-refractivity contribution in [3.8, 4) is 12.3 Å². The molecule has 0 bridgehead atoms. The van der Waals surface area contributed by atoms with Crippen LogP contribution in [0.2, 0.25) is 0 Å². The van der Waals surface area contributed by atoms with Gasteiger partial charge < -0.3 is 19.6 Å². The molecule has 10 heteroatoms. The fourth-order valence-corrected chi connectivity index (χ4v) is 5.86. The first-order chi connectivity index (χ1) is 16.3. The maximum atomic E-state index is 13.6. The fourth-order valence-electron chi connectivity index (χ4n) is 4.44. The zero-order chi connectivity index (χ0) is 24.5. The van der Waals surface area contributed by atoms with Crippen molar-refractivity contribution in [3.05, 3.63) is 40.3 Å². The summed E-state index contributed by atoms with van der Waals surface area (Å²) in [6, 6.07) is 4.56. The number of nitrogens with one attached hydrogen (secondary N) is 2. The van der Waals surface area contributed by atoms with Crippen molar-refractivity contribution >= 4 is 37.8 Å². The van der Waals surface area contributed by atoms with Crippen molar-refractivity contribution in [1.29, 1.82) is 0 Å². The largest absolute Gasteiger partial charge is 0.462 e. The van der Waals surface area contributed by atoms with Crippen LogP contribution in [0, 0.1) is 12.3 Å². The molecule has 3 heterocycles. The number of rotatable bonds is 8. The van der Waals surface area contributed by atoms with E-state index in [1.807, 2.05) is 14.0 Å². The number of aromatic amines is 2. The highest BCUT2D eigenvalue weighted by molar-refractivity contribution is 7.89. The van der Waals surface area contributed by atoms with Crippen LogP contribution in [0.1, 0.15) is 36.5 Å². The third-order valence-corrected chi connectivity index (χ3v) is 8.07. The molecule has 0 saturated carbocycles. The van der Waals surface area contributed by atoms with Crippen molar-refractivity contribution in [2.75, 3.05) is 33.3 Å². The number of sulfonamides is 1. The van der Waals surface area contributed by atoms with E-state index < -0.39 is 21.6 Å². The van der Waals surface area contributed by atoms with Gasteiger partial charge in [-0.15, -0.1) is 6.42 Å². The lowest BCUT2D eigenvalue weighted by Gasteiger charge is -2.27. The first-order valence-corrected chi connectivity index (χ1v) is 12.7. The lowest BCUT2D eigenvalue weighted by Crippen LogP contribution is -2.41. The van der Waals surface area contributed by atoms with E-state index in [2.05, 4.69) is 20.8 Å². The van der Waals surface area contributed by atoms with Gasteiger partial charge in [0.2, 0.25) is 10.0 Å². The quantitative estimate of drug-likeness (QED) is 0.374. The van der Waals surface area contributed by atoms with Gasteiger partial charge >= 0.3 is 5.97 Å². The van der Waals surface area contributed by atoms with E-state index in [0.717, 1.165) is 19.4 Å². The number of likely N-dealkylation sites (tertiary alicyclic amines) is 1. The number of esters is 1. The van der Waals surface area contributed by atoms with Crippen molar-refractivity contribution in [1.82, 2.24) is 19.2 Å². The van der Waals surface area contributed by atoms with E-state index in [-0.39, 0.29) is 35.2 Å². The second-order valence-corrected chi connectivity index (χ2v) is 10.5. The molecule has 2 N–H and O–H groups in total. The maximum Gasteiger partial charge on any atom is 0.340 e. The summed E-state index contributed by atoms with van der Waals surface area (Å²) < 4.78 is 33.8. The van der Waals surface area contributed by atoms with Gasteiger partial charge in [0.25, 0.3) is 5.56 Å². The zero-order valence-electron chi connectivity index (χ0n) is 19.3. The number of aromatic nitrogens is 2. The van der Waals surface area contributed by atoms with Crippen LogP contribution in [0.3, 0.4) is 0 Å². The Labute approximate surface area is 198 Å². The van der Waals surface area contributed by atoms with E-state index in [1.54, 1.807) is 0 Å². The molecular weight excluding hydrogens is 456 g/mol. The molecule has 9 nitrogen and oxygen atoms in total. The van der Waals surface area contributed by atoms with Crippen molar-refractivity contribution in [2.45, 2.75) is 37.1 Å². The van der Waals surface area contributed by atoms with Crippen LogP contribution >= 0.6 is 0 Å². The number of nitrogens with zero attached hydrogens (tertiary/aromatic N) is 2. The van der Waals surface area contributed by atoms with Gasteiger partial charge in [-0.1, -0.05) is 12.8 Å². The van der Waals surface area contributed by atoms with Crippen LogP contribution in [0.5, 0.6) is 0 Å². The lowest BCUT2D eigenvalue weighted by molar-refractivity contribution is 0.0507. The number of ether oxygens (including phenoxy) is 1. The molecule has 1 fully saturated rings. The van der Waals surface area contributed by atoms with E-state index in [0.29, 0.717) is 29.3 Å². The number of pyridine rings is 1. The molecule has 1 saturated heterocycles. The summed E-state index contributed by atoms with van der Waals surface area (Å²) in [5.41, 5.74) is 0.367. The molecule has 34 heavy (non-hydrogen) atoms.